The maximum atomic E-state index is 2.52. The number of rotatable bonds is 21. The lowest BCUT2D eigenvalue weighted by Gasteiger charge is -2.05. The molecular formula is C27H53N2+. The van der Waals surface area contributed by atoms with Crippen molar-refractivity contribution in [3.8, 4) is 0 Å². The molecule has 0 saturated carbocycles. The Bertz CT molecular complexity index is 463. The molecule has 0 aliphatic rings. The lowest BCUT2D eigenvalue weighted by atomic mass is 10.1. The van der Waals surface area contributed by atoms with E-state index in [0.717, 1.165) is 6.42 Å². The van der Waals surface area contributed by atoms with Crippen LogP contribution in [0.1, 0.15) is 142 Å². The number of hydrogen-bond donors (Lipinski definition) is 0. The monoisotopic (exact) mass is 405 g/mol. The molecule has 1 heterocycles. The summed E-state index contributed by atoms with van der Waals surface area (Å²) in [6.07, 6.45) is 31.3. The van der Waals surface area contributed by atoms with Gasteiger partial charge in [-0.15, -0.1) is 0 Å². The van der Waals surface area contributed by atoms with E-state index < -0.39 is 0 Å². The van der Waals surface area contributed by atoms with Gasteiger partial charge in [-0.1, -0.05) is 111 Å². The van der Waals surface area contributed by atoms with Crippen molar-refractivity contribution in [1.29, 1.82) is 0 Å². The zero-order chi connectivity index (χ0) is 21.0. The Labute approximate surface area is 183 Å². The van der Waals surface area contributed by atoms with Crippen molar-refractivity contribution in [2.75, 3.05) is 0 Å². The van der Waals surface area contributed by atoms with Crippen molar-refractivity contribution >= 4 is 0 Å². The Morgan fingerprint density at radius 1 is 0.586 bits per heavy atom. The normalized spacial score (nSPS) is 11.4. The van der Waals surface area contributed by atoms with Gasteiger partial charge in [0.15, 0.2) is 0 Å². The van der Waals surface area contributed by atoms with Crippen LogP contribution >= 0.6 is 0 Å². The summed E-state index contributed by atoms with van der Waals surface area (Å²) in [5, 5.41) is 0. The quantitative estimate of drug-likeness (QED) is 0.143. The number of aryl methyl sites for hydroxylation is 2. The van der Waals surface area contributed by atoms with Crippen molar-refractivity contribution in [3.05, 3.63) is 18.2 Å². The molecule has 0 amide bonds. The number of imidazole rings is 1. The van der Waals surface area contributed by atoms with Crippen LogP contribution in [0.2, 0.25) is 0 Å². The molecule has 0 radical (unpaired) electrons. The Morgan fingerprint density at radius 3 is 1.52 bits per heavy atom. The van der Waals surface area contributed by atoms with Crippen LogP contribution < -0.4 is 4.57 Å². The zero-order valence-corrected chi connectivity index (χ0v) is 20.4. The number of aromatic nitrogens is 2. The Hall–Kier alpha value is -0.790. The molecule has 0 aliphatic carbocycles. The second-order valence-corrected chi connectivity index (χ2v) is 9.11. The van der Waals surface area contributed by atoms with Gasteiger partial charge in [-0.2, -0.15) is 0 Å². The molecule has 2 nitrogen and oxygen atoms in total. The van der Waals surface area contributed by atoms with Crippen LogP contribution in [0.3, 0.4) is 0 Å². The molecule has 170 valence electrons. The first-order valence-corrected chi connectivity index (χ1v) is 13.4. The van der Waals surface area contributed by atoms with Crippen molar-refractivity contribution in [3.63, 3.8) is 0 Å². The van der Waals surface area contributed by atoms with E-state index in [-0.39, 0.29) is 0 Å². The first kappa shape index (κ1) is 26.2. The highest BCUT2D eigenvalue weighted by Gasteiger charge is 2.14. The number of hydrogen-bond acceptors (Lipinski definition) is 0. The van der Waals surface area contributed by atoms with E-state index in [1.165, 1.54) is 134 Å². The molecule has 0 atom stereocenters. The molecule has 0 spiro atoms. The fraction of sp³-hybridized carbons (Fsp3) is 0.889. The summed E-state index contributed by atoms with van der Waals surface area (Å²) < 4.78 is 5.04. The molecular weight excluding hydrogens is 352 g/mol. The third-order valence-electron chi connectivity index (χ3n) is 6.41. The van der Waals surface area contributed by atoms with Crippen molar-refractivity contribution < 1.29 is 4.57 Å². The van der Waals surface area contributed by atoms with Gasteiger partial charge in [0.2, 0.25) is 0 Å². The molecule has 29 heavy (non-hydrogen) atoms. The summed E-state index contributed by atoms with van der Waals surface area (Å²) in [7, 11) is 0. The van der Waals surface area contributed by atoms with Crippen LogP contribution in [0.15, 0.2) is 12.4 Å². The SMILES string of the molecule is CCCCCCCCCCCC[n+]1ccn(CCCCCCCCCC)c1CC. The molecule has 0 aliphatic heterocycles. The molecule has 0 aromatic carbocycles. The highest BCUT2D eigenvalue weighted by atomic mass is 15.1. The van der Waals surface area contributed by atoms with Crippen LogP contribution in [0, 0.1) is 0 Å². The maximum absolute atomic E-state index is 2.52. The molecule has 0 fully saturated rings. The molecule has 2 heteroatoms. The van der Waals surface area contributed by atoms with Gasteiger partial charge in [-0.25, -0.2) is 9.13 Å². The van der Waals surface area contributed by atoms with Crippen molar-refractivity contribution in [2.24, 2.45) is 0 Å². The summed E-state index contributed by atoms with van der Waals surface area (Å²) in [6, 6.07) is 0. The number of nitrogens with zero attached hydrogens (tertiary/aromatic N) is 2. The van der Waals surface area contributed by atoms with Gasteiger partial charge in [-0.05, 0) is 25.7 Å². The molecule has 1 aromatic heterocycles. The van der Waals surface area contributed by atoms with E-state index >= 15 is 0 Å². The predicted molar refractivity (Wildman–Crippen MR) is 128 cm³/mol. The Kier molecular flexibility index (Phi) is 17.4. The van der Waals surface area contributed by atoms with Gasteiger partial charge in [0, 0.05) is 6.42 Å². The van der Waals surface area contributed by atoms with Gasteiger partial charge < -0.3 is 0 Å². The molecule has 1 rings (SSSR count). The fourth-order valence-electron chi connectivity index (χ4n) is 4.50. The highest BCUT2D eigenvalue weighted by Crippen LogP contribution is 2.12. The summed E-state index contributed by atoms with van der Waals surface area (Å²) in [5.41, 5.74) is 0. The summed E-state index contributed by atoms with van der Waals surface area (Å²) in [6.45, 7) is 9.33. The fourth-order valence-corrected chi connectivity index (χ4v) is 4.50. The number of unbranched alkanes of at least 4 members (excludes halogenated alkanes) is 16. The minimum Gasteiger partial charge on any atom is -0.234 e. The van der Waals surface area contributed by atoms with E-state index in [2.05, 4.69) is 42.3 Å². The topological polar surface area (TPSA) is 8.81 Å². The van der Waals surface area contributed by atoms with Crippen molar-refractivity contribution in [1.82, 2.24) is 4.57 Å². The van der Waals surface area contributed by atoms with Gasteiger partial charge in [0.05, 0.1) is 13.1 Å². The third-order valence-corrected chi connectivity index (χ3v) is 6.41. The van der Waals surface area contributed by atoms with Gasteiger partial charge in [0.1, 0.15) is 12.4 Å². The van der Waals surface area contributed by atoms with E-state index in [4.69, 9.17) is 0 Å². The molecule has 0 unspecified atom stereocenters. The van der Waals surface area contributed by atoms with E-state index in [1.807, 2.05) is 0 Å². The van der Waals surface area contributed by atoms with Crippen LogP contribution in [0.4, 0.5) is 0 Å². The highest BCUT2D eigenvalue weighted by molar-refractivity contribution is 4.83. The zero-order valence-electron chi connectivity index (χ0n) is 20.4. The second-order valence-electron chi connectivity index (χ2n) is 9.11. The summed E-state index contributed by atoms with van der Waals surface area (Å²) in [5.74, 6) is 1.53. The largest absolute Gasteiger partial charge is 0.256 e. The summed E-state index contributed by atoms with van der Waals surface area (Å²) in [4.78, 5) is 0. The van der Waals surface area contributed by atoms with Gasteiger partial charge >= 0.3 is 0 Å². The first-order valence-electron chi connectivity index (χ1n) is 13.4. The Balaban J connectivity index is 2.09. The predicted octanol–water partition coefficient (Wildman–Crippen LogP) is 8.40. The van der Waals surface area contributed by atoms with Crippen LogP contribution in [-0.2, 0) is 19.5 Å². The third kappa shape index (κ3) is 13.2. The van der Waals surface area contributed by atoms with Crippen molar-refractivity contribution in [2.45, 2.75) is 156 Å². The molecule has 0 N–H and O–H groups in total. The Morgan fingerprint density at radius 2 is 1.03 bits per heavy atom. The molecule has 0 saturated heterocycles. The second kappa shape index (κ2) is 19.2. The van der Waals surface area contributed by atoms with Crippen LogP contribution in [-0.4, -0.2) is 4.57 Å². The summed E-state index contributed by atoms with van der Waals surface area (Å²) >= 11 is 0. The van der Waals surface area contributed by atoms with E-state index in [1.54, 1.807) is 0 Å². The lowest BCUT2D eigenvalue weighted by Crippen LogP contribution is -2.37. The molecule has 0 bridgehead atoms. The minimum absolute atomic E-state index is 1.15. The van der Waals surface area contributed by atoms with Gasteiger partial charge in [0.25, 0.3) is 5.82 Å². The maximum Gasteiger partial charge on any atom is 0.256 e. The standard InChI is InChI=1S/C27H53N2/c1-4-7-9-11-13-15-16-18-20-22-24-29-26-25-28(27(29)6-3)23-21-19-17-14-12-10-8-5-2/h25-26H,4-24H2,1-3H3/q+1. The minimum atomic E-state index is 1.15. The smallest absolute Gasteiger partial charge is 0.234 e. The molecule has 1 aromatic rings. The van der Waals surface area contributed by atoms with E-state index in [0.29, 0.717) is 0 Å². The lowest BCUT2D eigenvalue weighted by molar-refractivity contribution is -0.704. The first-order chi connectivity index (χ1) is 14.3. The average Bonchev–Trinajstić information content (AvgIpc) is 3.13. The van der Waals surface area contributed by atoms with Crippen LogP contribution in [0.25, 0.3) is 0 Å². The van der Waals surface area contributed by atoms with E-state index in [9.17, 15) is 0 Å². The average molecular weight is 406 g/mol. The van der Waals surface area contributed by atoms with Gasteiger partial charge in [-0.3, -0.25) is 0 Å². The van der Waals surface area contributed by atoms with Crippen LogP contribution in [0.5, 0.6) is 0 Å².